The number of nitrogens with zero attached hydrogens (tertiary/aromatic N) is 3. The maximum absolute atomic E-state index is 6.38. The summed E-state index contributed by atoms with van der Waals surface area (Å²) < 4.78 is 6.15. The number of fused-ring (bicyclic) bond motifs is 1. The zero-order valence-electron chi connectivity index (χ0n) is 14.3. The molecule has 0 amide bonds. The summed E-state index contributed by atoms with van der Waals surface area (Å²) in [6, 6.07) is 7.25. The number of hydrogen-bond donors (Lipinski definition) is 2. The molecule has 0 bridgehead atoms. The lowest BCUT2D eigenvalue weighted by Gasteiger charge is -2.23. The van der Waals surface area contributed by atoms with Gasteiger partial charge >= 0.3 is 0 Å². The molecule has 0 atom stereocenters. The highest BCUT2D eigenvalue weighted by molar-refractivity contribution is 6.36. The quantitative estimate of drug-likeness (QED) is 0.647. The van der Waals surface area contributed by atoms with Crippen LogP contribution in [0.25, 0.3) is 10.9 Å². The average Bonchev–Trinajstić information content (AvgIpc) is 2.64. The molecule has 0 radical (unpaired) electrons. The zero-order chi connectivity index (χ0) is 17.9. The summed E-state index contributed by atoms with van der Waals surface area (Å²) >= 11 is 6.38. The number of benzene rings is 1. The molecule has 3 N–H and O–H groups in total. The summed E-state index contributed by atoms with van der Waals surface area (Å²) in [5.74, 6) is 1.18. The first kappa shape index (κ1) is 16.8. The lowest BCUT2D eigenvalue weighted by atomic mass is 9.98. The standard InChI is InChI=1S/C19H20ClN5O/c20-14-9-12(21)10-16-17(14)18(24-11-23-16)25-15-7-4-8-22-19(15)26-13-5-2-1-3-6-13/h4,7-11,13H,1-3,5-6,21H2,(H,23,24,25). The number of nitrogens with one attached hydrogen (secondary N) is 1. The van der Waals surface area contributed by atoms with Gasteiger partial charge in [0.15, 0.2) is 0 Å². The molecule has 1 aliphatic rings. The first-order valence-electron chi connectivity index (χ1n) is 8.79. The van der Waals surface area contributed by atoms with E-state index in [-0.39, 0.29) is 6.10 Å². The van der Waals surface area contributed by atoms with E-state index in [0.29, 0.717) is 27.9 Å². The average molecular weight is 370 g/mol. The number of ether oxygens (including phenoxy) is 1. The number of rotatable bonds is 4. The normalized spacial score (nSPS) is 15.1. The highest BCUT2D eigenvalue weighted by atomic mass is 35.5. The van der Waals surface area contributed by atoms with E-state index < -0.39 is 0 Å². The third-order valence-electron chi connectivity index (χ3n) is 4.57. The van der Waals surface area contributed by atoms with E-state index >= 15 is 0 Å². The van der Waals surface area contributed by atoms with E-state index in [1.54, 1.807) is 18.3 Å². The highest BCUT2D eigenvalue weighted by Gasteiger charge is 2.18. The molecule has 1 aromatic carbocycles. The predicted molar refractivity (Wildman–Crippen MR) is 104 cm³/mol. The Bertz CT molecular complexity index is 927. The molecule has 6 nitrogen and oxygen atoms in total. The second kappa shape index (κ2) is 7.33. The lowest BCUT2D eigenvalue weighted by molar-refractivity contribution is 0.149. The fraction of sp³-hybridized carbons (Fsp3) is 0.316. The van der Waals surface area contributed by atoms with Crippen molar-refractivity contribution >= 4 is 39.7 Å². The van der Waals surface area contributed by atoms with Gasteiger partial charge in [0.05, 0.1) is 15.9 Å². The van der Waals surface area contributed by atoms with Crippen molar-refractivity contribution in [1.82, 2.24) is 15.0 Å². The molecule has 1 saturated carbocycles. The number of anilines is 3. The topological polar surface area (TPSA) is 86.0 Å². The van der Waals surface area contributed by atoms with E-state index in [0.717, 1.165) is 23.9 Å². The minimum Gasteiger partial charge on any atom is -0.473 e. The van der Waals surface area contributed by atoms with Crippen molar-refractivity contribution in [3.8, 4) is 5.88 Å². The van der Waals surface area contributed by atoms with Gasteiger partial charge in [0, 0.05) is 11.9 Å². The Labute approximate surface area is 156 Å². The van der Waals surface area contributed by atoms with Crippen molar-refractivity contribution in [3.63, 3.8) is 0 Å². The van der Waals surface area contributed by atoms with E-state index in [1.807, 2.05) is 12.1 Å². The molecule has 2 aromatic heterocycles. The minimum absolute atomic E-state index is 0.213. The van der Waals surface area contributed by atoms with Crippen LogP contribution in [0.3, 0.4) is 0 Å². The Balaban J connectivity index is 1.67. The fourth-order valence-corrected chi connectivity index (χ4v) is 3.62. The third kappa shape index (κ3) is 3.51. The number of nitrogen functional groups attached to an aromatic ring is 1. The van der Waals surface area contributed by atoms with Gasteiger partial charge in [0.1, 0.15) is 23.9 Å². The molecule has 2 heterocycles. The largest absolute Gasteiger partial charge is 0.473 e. The van der Waals surface area contributed by atoms with Crippen LogP contribution >= 0.6 is 11.6 Å². The summed E-state index contributed by atoms with van der Waals surface area (Å²) in [5.41, 5.74) is 7.87. The number of halogens is 1. The molecule has 26 heavy (non-hydrogen) atoms. The maximum Gasteiger partial charge on any atom is 0.238 e. The number of hydrogen-bond acceptors (Lipinski definition) is 6. The number of aromatic nitrogens is 3. The fourth-order valence-electron chi connectivity index (χ4n) is 3.31. The molecule has 134 valence electrons. The van der Waals surface area contributed by atoms with Crippen molar-refractivity contribution < 1.29 is 4.74 Å². The molecule has 4 rings (SSSR count). The first-order valence-corrected chi connectivity index (χ1v) is 9.17. The van der Waals surface area contributed by atoms with Gasteiger partial charge in [0.2, 0.25) is 5.88 Å². The summed E-state index contributed by atoms with van der Waals surface area (Å²) in [4.78, 5) is 13.0. The first-order chi connectivity index (χ1) is 12.7. The number of nitrogens with two attached hydrogens (primary N) is 1. The molecule has 0 saturated heterocycles. The molecule has 1 fully saturated rings. The van der Waals surface area contributed by atoms with Gasteiger partial charge in [-0.2, -0.15) is 0 Å². The Morgan fingerprint density at radius 1 is 1.12 bits per heavy atom. The lowest BCUT2D eigenvalue weighted by Crippen LogP contribution is -2.20. The molecule has 1 aliphatic carbocycles. The smallest absolute Gasteiger partial charge is 0.238 e. The second-order valence-corrected chi connectivity index (χ2v) is 6.89. The Morgan fingerprint density at radius 2 is 1.96 bits per heavy atom. The summed E-state index contributed by atoms with van der Waals surface area (Å²) in [6.45, 7) is 0. The van der Waals surface area contributed by atoms with E-state index in [9.17, 15) is 0 Å². The predicted octanol–water partition coefficient (Wildman–Crippen LogP) is 4.72. The van der Waals surface area contributed by atoms with Crippen molar-refractivity contribution in [2.75, 3.05) is 11.1 Å². The van der Waals surface area contributed by atoms with Gasteiger partial charge < -0.3 is 15.8 Å². The van der Waals surface area contributed by atoms with Crippen molar-refractivity contribution in [2.24, 2.45) is 0 Å². The Hall–Kier alpha value is -2.60. The van der Waals surface area contributed by atoms with Crippen molar-refractivity contribution in [3.05, 3.63) is 41.8 Å². The monoisotopic (exact) mass is 369 g/mol. The third-order valence-corrected chi connectivity index (χ3v) is 4.87. The van der Waals surface area contributed by atoms with Crippen LogP contribution in [0, 0.1) is 0 Å². The minimum atomic E-state index is 0.213. The van der Waals surface area contributed by atoms with Crippen LogP contribution in [0.1, 0.15) is 32.1 Å². The van der Waals surface area contributed by atoms with Crippen LogP contribution in [0.15, 0.2) is 36.8 Å². The van der Waals surface area contributed by atoms with Crippen LogP contribution in [0.4, 0.5) is 17.2 Å². The molecule has 7 heteroatoms. The van der Waals surface area contributed by atoms with Crippen molar-refractivity contribution in [1.29, 1.82) is 0 Å². The molecule has 0 unspecified atom stereocenters. The van der Waals surface area contributed by atoms with Gasteiger partial charge in [0.25, 0.3) is 0 Å². The SMILES string of the molecule is Nc1cc(Cl)c2c(Nc3cccnc3OC3CCCCC3)ncnc2c1. The highest BCUT2D eigenvalue weighted by Crippen LogP contribution is 2.34. The summed E-state index contributed by atoms with van der Waals surface area (Å²) in [6.07, 6.45) is 9.25. The zero-order valence-corrected chi connectivity index (χ0v) is 15.0. The Kier molecular flexibility index (Phi) is 4.75. The van der Waals surface area contributed by atoms with Crippen LogP contribution in [-0.4, -0.2) is 21.1 Å². The van der Waals surface area contributed by atoms with Crippen molar-refractivity contribution in [2.45, 2.75) is 38.2 Å². The molecular formula is C19H20ClN5O. The van der Waals surface area contributed by atoms with Gasteiger partial charge in [-0.05, 0) is 49.9 Å². The van der Waals surface area contributed by atoms with Crippen LogP contribution in [-0.2, 0) is 0 Å². The Morgan fingerprint density at radius 3 is 2.81 bits per heavy atom. The summed E-state index contributed by atoms with van der Waals surface area (Å²) in [5, 5.41) is 4.52. The molecule has 0 spiro atoms. The van der Waals surface area contributed by atoms with E-state index in [1.165, 1.54) is 25.6 Å². The molecular weight excluding hydrogens is 350 g/mol. The van der Waals surface area contributed by atoms with Gasteiger partial charge in [-0.25, -0.2) is 15.0 Å². The van der Waals surface area contributed by atoms with E-state index in [2.05, 4.69) is 20.3 Å². The summed E-state index contributed by atoms with van der Waals surface area (Å²) in [7, 11) is 0. The van der Waals surface area contributed by atoms with Crippen LogP contribution in [0.2, 0.25) is 5.02 Å². The number of pyridine rings is 1. The van der Waals surface area contributed by atoms with E-state index in [4.69, 9.17) is 22.1 Å². The second-order valence-electron chi connectivity index (χ2n) is 6.48. The van der Waals surface area contributed by atoms with Gasteiger partial charge in [-0.15, -0.1) is 0 Å². The van der Waals surface area contributed by atoms with Crippen LogP contribution < -0.4 is 15.8 Å². The van der Waals surface area contributed by atoms with Gasteiger partial charge in [-0.1, -0.05) is 18.0 Å². The molecule has 3 aromatic rings. The molecule has 0 aliphatic heterocycles. The maximum atomic E-state index is 6.38. The van der Waals surface area contributed by atoms with Crippen LogP contribution in [0.5, 0.6) is 5.88 Å². The van der Waals surface area contributed by atoms with Gasteiger partial charge in [-0.3, -0.25) is 0 Å².